The van der Waals surface area contributed by atoms with E-state index in [4.69, 9.17) is 16.3 Å². The van der Waals surface area contributed by atoms with Gasteiger partial charge in [0.05, 0.1) is 0 Å². The standard InChI is InChI=1S/C17H22ClNO3/c1-12-10-14(18)7-8-15(12)19-16(20)11-22-17(21)9-6-13-4-2-3-5-13/h7-8,10,13H,2-6,9,11H2,1H3,(H,19,20). The van der Waals surface area contributed by atoms with Crippen LogP contribution >= 0.6 is 11.6 Å². The number of ether oxygens (including phenoxy) is 1. The second-order valence-electron chi connectivity index (χ2n) is 5.86. The number of hydrogen-bond acceptors (Lipinski definition) is 3. The van der Waals surface area contributed by atoms with E-state index in [1.54, 1.807) is 18.2 Å². The maximum Gasteiger partial charge on any atom is 0.306 e. The quantitative estimate of drug-likeness (QED) is 0.802. The molecule has 1 fully saturated rings. The highest BCUT2D eigenvalue weighted by Crippen LogP contribution is 2.28. The number of carbonyl (C=O) groups is 2. The largest absolute Gasteiger partial charge is 0.456 e. The monoisotopic (exact) mass is 323 g/mol. The highest BCUT2D eigenvalue weighted by Gasteiger charge is 2.17. The summed E-state index contributed by atoms with van der Waals surface area (Å²) in [5.74, 6) is 0.0209. The molecule has 4 nitrogen and oxygen atoms in total. The normalized spacial score (nSPS) is 14.8. The zero-order valence-electron chi connectivity index (χ0n) is 12.9. The first-order valence-electron chi connectivity index (χ1n) is 7.76. The topological polar surface area (TPSA) is 55.4 Å². The second kappa shape index (κ2) is 8.18. The summed E-state index contributed by atoms with van der Waals surface area (Å²) in [5.41, 5.74) is 1.55. The Morgan fingerprint density at radius 1 is 1.32 bits per heavy atom. The number of esters is 1. The summed E-state index contributed by atoms with van der Waals surface area (Å²) in [7, 11) is 0. The van der Waals surface area contributed by atoms with Gasteiger partial charge in [-0.05, 0) is 43.0 Å². The molecule has 1 aliphatic rings. The van der Waals surface area contributed by atoms with E-state index in [1.165, 1.54) is 25.7 Å². The lowest BCUT2D eigenvalue weighted by molar-refractivity contribution is -0.147. The summed E-state index contributed by atoms with van der Waals surface area (Å²) < 4.78 is 5.02. The molecule has 1 saturated carbocycles. The van der Waals surface area contributed by atoms with E-state index in [0.29, 0.717) is 23.0 Å². The second-order valence-corrected chi connectivity index (χ2v) is 6.29. The van der Waals surface area contributed by atoms with Gasteiger partial charge >= 0.3 is 5.97 Å². The Morgan fingerprint density at radius 3 is 2.73 bits per heavy atom. The number of anilines is 1. The van der Waals surface area contributed by atoms with Crippen molar-refractivity contribution in [3.63, 3.8) is 0 Å². The van der Waals surface area contributed by atoms with Crippen molar-refractivity contribution in [2.24, 2.45) is 5.92 Å². The van der Waals surface area contributed by atoms with Gasteiger partial charge in [0.15, 0.2) is 6.61 Å². The zero-order valence-corrected chi connectivity index (χ0v) is 13.6. The number of aryl methyl sites for hydroxylation is 1. The van der Waals surface area contributed by atoms with Crippen LogP contribution in [-0.2, 0) is 14.3 Å². The van der Waals surface area contributed by atoms with E-state index in [2.05, 4.69) is 5.32 Å². The fourth-order valence-corrected chi connectivity index (χ4v) is 3.02. The third-order valence-electron chi connectivity index (χ3n) is 4.06. The Labute approximate surface area is 136 Å². The minimum atomic E-state index is -0.334. The highest BCUT2D eigenvalue weighted by molar-refractivity contribution is 6.30. The van der Waals surface area contributed by atoms with Crippen molar-refractivity contribution in [1.82, 2.24) is 0 Å². The average Bonchev–Trinajstić information content (AvgIpc) is 2.99. The highest BCUT2D eigenvalue weighted by atomic mass is 35.5. The van der Waals surface area contributed by atoms with Gasteiger partial charge in [0, 0.05) is 17.1 Å². The van der Waals surface area contributed by atoms with E-state index in [9.17, 15) is 9.59 Å². The van der Waals surface area contributed by atoms with Crippen LogP contribution in [0.1, 0.15) is 44.1 Å². The first-order valence-corrected chi connectivity index (χ1v) is 8.14. The van der Waals surface area contributed by atoms with Crippen molar-refractivity contribution in [2.75, 3.05) is 11.9 Å². The van der Waals surface area contributed by atoms with Crippen molar-refractivity contribution in [2.45, 2.75) is 45.4 Å². The molecule has 1 aliphatic carbocycles. The summed E-state index contributed by atoms with van der Waals surface area (Å²) >= 11 is 5.86. The molecule has 1 aromatic carbocycles. The predicted octanol–water partition coefficient (Wildman–Crippen LogP) is 4.10. The number of halogens is 1. The third kappa shape index (κ3) is 5.34. The number of nitrogens with one attached hydrogen (secondary N) is 1. The van der Waals surface area contributed by atoms with Crippen molar-refractivity contribution < 1.29 is 14.3 Å². The van der Waals surface area contributed by atoms with Gasteiger partial charge in [0.25, 0.3) is 5.91 Å². The molecule has 0 radical (unpaired) electrons. The lowest BCUT2D eigenvalue weighted by Crippen LogP contribution is -2.21. The van der Waals surface area contributed by atoms with E-state index in [1.807, 2.05) is 6.92 Å². The molecule has 0 saturated heterocycles. The number of hydrogen-bond donors (Lipinski definition) is 1. The summed E-state index contributed by atoms with van der Waals surface area (Å²) in [5, 5.41) is 3.33. The van der Waals surface area contributed by atoms with Gasteiger partial charge in [-0.15, -0.1) is 0 Å². The van der Waals surface area contributed by atoms with Gasteiger partial charge in [-0.25, -0.2) is 0 Å². The number of benzene rings is 1. The Bertz CT molecular complexity index is 539. The molecule has 1 amide bonds. The van der Waals surface area contributed by atoms with Crippen LogP contribution < -0.4 is 5.32 Å². The van der Waals surface area contributed by atoms with Gasteiger partial charge in [-0.2, -0.15) is 0 Å². The van der Waals surface area contributed by atoms with Crippen LogP contribution in [0.25, 0.3) is 0 Å². The van der Waals surface area contributed by atoms with Gasteiger partial charge < -0.3 is 10.1 Å². The molecule has 0 aliphatic heterocycles. The molecular weight excluding hydrogens is 302 g/mol. The molecule has 0 heterocycles. The molecule has 0 aromatic heterocycles. The predicted molar refractivity (Wildman–Crippen MR) is 87.0 cm³/mol. The smallest absolute Gasteiger partial charge is 0.306 e. The first-order chi connectivity index (χ1) is 10.5. The lowest BCUT2D eigenvalue weighted by Gasteiger charge is -2.10. The van der Waals surface area contributed by atoms with Crippen molar-refractivity contribution in [3.8, 4) is 0 Å². The molecule has 1 aromatic rings. The van der Waals surface area contributed by atoms with Crippen LogP contribution in [0.5, 0.6) is 0 Å². The SMILES string of the molecule is Cc1cc(Cl)ccc1NC(=O)COC(=O)CCC1CCCC1. The lowest BCUT2D eigenvalue weighted by atomic mass is 10.0. The van der Waals surface area contributed by atoms with Gasteiger partial charge in [-0.3, -0.25) is 9.59 Å². The molecule has 0 atom stereocenters. The summed E-state index contributed by atoms with van der Waals surface area (Å²) in [6.07, 6.45) is 6.23. The zero-order chi connectivity index (χ0) is 15.9. The van der Waals surface area contributed by atoms with Crippen molar-refractivity contribution >= 4 is 29.2 Å². The maximum atomic E-state index is 11.8. The molecular formula is C17H22ClNO3. The Morgan fingerprint density at radius 2 is 2.05 bits per heavy atom. The summed E-state index contributed by atoms with van der Waals surface area (Å²) in [4.78, 5) is 23.4. The molecule has 0 spiro atoms. The Kier molecular flexibility index (Phi) is 6.25. The van der Waals surface area contributed by atoms with Crippen molar-refractivity contribution in [3.05, 3.63) is 28.8 Å². The molecule has 22 heavy (non-hydrogen) atoms. The minimum Gasteiger partial charge on any atom is -0.456 e. The van der Waals surface area contributed by atoms with E-state index in [0.717, 1.165) is 12.0 Å². The van der Waals surface area contributed by atoms with Gasteiger partial charge in [0.2, 0.25) is 0 Å². The van der Waals surface area contributed by atoms with E-state index >= 15 is 0 Å². The van der Waals surface area contributed by atoms with Crippen LogP contribution in [0, 0.1) is 12.8 Å². The third-order valence-corrected chi connectivity index (χ3v) is 4.29. The first kappa shape index (κ1) is 16.8. The molecule has 5 heteroatoms. The van der Waals surface area contributed by atoms with Crippen LogP contribution in [0.3, 0.4) is 0 Å². The minimum absolute atomic E-state index is 0.244. The fraction of sp³-hybridized carbons (Fsp3) is 0.529. The van der Waals surface area contributed by atoms with Gasteiger partial charge in [0.1, 0.15) is 0 Å². The fourth-order valence-electron chi connectivity index (χ4n) is 2.79. The number of carbonyl (C=O) groups excluding carboxylic acids is 2. The van der Waals surface area contributed by atoms with Gasteiger partial charge in [-0.1, -0.05) is 37.3 Å². The Hall–Kier alpha value is -1.55. The molecule has 0 bridgehead atoms. The Balaban J connectivity index is 1.69. The van der Waals surface area contributed by atoms with E-state index in [-0.39, 0.29) is 18.5 Å². The molecule has 0 unspecified atom stereocenters. The molecule has 1 N–H and O–H groups in total. The molecule has 2 rings (SSSR count). The van der Waals surface area contributed by atoms with Crippen LogP contribution in [-0.4, -0.2) is 18.5 Å². The summed E-state index contributed by atoms with van der Waals surface area (Å²) in [6, 6.07) is 5.21. The number of rotatable bonds is 6. The van der Waals surface area contributed by atoms with Crippen molar-refractivity contribution in [1.29, 1.82) is 0 Å². The average molecular weight is 324 g/mol. The van der Waals surface area contributed by atoms with Crippen LogP contribution in [0.15, 0.2) is 18.2 Å². The molecule has 120 valence electrons. The number of amides is 1. The summed E-state index contributed by atoms with van der Waals surface area (Å²) in [6.45, 7) is 1.61. The maximum absolute atomic E-state index is 11.8. The van der Waals surface area contributed by atoms with Crippen LogP contribution in [0.2, 0.25) is 5.02 Å². The van der Waals surface area contributed by atoms with E-state index < -0.39 is 0 Å². The van der Waals surface area contributed by atoms with Crippen LogP contribution in [0.4, 0.5) is 5.69 Å².